The number of nitrogens with one attached hydrogen (secondary N) is 1. The maximum atomic E-state index is 11.5. The maximum Gasteiger partial charge on any atom is 0.239 e. The van der Waals surface area contributed by atoms with Gasteiger partial charge in [0.2, 0.25) is 11.8 Å². The van der Waals surface area contributed by atoms with Gasteiger partial charge in [-0.25, -0.2) is 0 Å². The molecule has 2 aliphatic heterocycles. The second-order valence-corrected chi connectivity index (χ2v) is 4.74. The van der Waals surface area contributed by atoms with Crippen LogP contribution in [0.3, 0.4) is 0 Å². The van der Waals surface area contributed by atoms with Crippen LogP contribution < -0.4 is 5.32 Å². The van der Waals surface area contributed by atoms with Crippen molar-refractivity contribution in [3.05, 3.63) is 0 Å². The van der Waals surface area contributed by atoms with Gasteiger partial charge in [0.15, 0.2) is 0 Å². The quantitative estimate of drug-likeness (QED) is 0.641. The summed E-state index contributed by atoms with van der Waals surface area (Å²) >= 11 is 1.42. The summed E-state index contributed by atoms with van der Waals surface area (Å²) in [7, 11) is 0. The number of thioether (sulfide) groups is 1. The van der Waals surface area contributed by atoms with Crippen LogP contribution in [0.4, 0.5) is 0 Å². The zero-order valence-electron chi connectivity index (χ0n) is 7.99. The van der Waals surface area contributed by atoms with E-state index >= 15 is 0 Å². The molecule has 5 heteroatoms. The van der Waals surface area contributed by atoms with E-state index in [1.807, 2.05) is 0 Å². The third-order valence-corrected chi connectivity index (χ3v) is 3.56. The van der Waals surface area contributed by atoms with E-state index < -0.39 is 0 Å². The van der Waals surface area contributed by atoms with Crippen molar-refractivity contribution < 1.29 is 9.59 Å². The monoisotopic (exact) mass is 214 g/mol. The van der Waals surface area contributed by atoms with Gasteiger partial charge in [-0.3, -0.25) is 14.5 Å². The number of hydrogen-bond acceptors (Lipinski definition) is 4. The van der Waals surface area contributed by atoms with Crippen LogP contribution in [0.1, 0.15) is 6.42 Å². The molecule has 0 aromatic carbocycles. The van der Waals surface area contributed by atoms with Crippen LogP contribution in [-0.2, 0) is 9.59 Å². The molecule has 2 rings (SSSR count). The molecule has 2 fully saturated rings. The van der Waals surface area contributed by atoms with Crippen molar-refractivity contribution in [1.82, 2.24) is 10.2 Å². The second kappa shape index (κ2) is 4.31. The Bertz CT molecular complexity index is 235. The largest absolute Gasteiger partial charge is 0.316 e. The highest BCUT2D eigenvalue weighted by atomic mass is 32.2. The highest BCUT2D eigenvalue weighted by Crippen LogP contribution is 2.16. The fourth-order valence-corrected chi connectivity index (χ4v) is 2.62. The van der Waals surface area contributed by atoms with Gasteiger partial charge in [-0.15, -0.1) is 11.8 Å². The van der Waals surface area contributed by atoms with Crippen LogP contribution in [0.25, 0.3) is 0 Å². The first kappa shape index (κ1) is 9.98. The minimum atomic E-state index is -0.0156. The predicted octanol–water partition coefficient (Wildman–Crippen LogP) is -0.302. The molecular weight excluding hydrogens is 200 g/mol. The Morgan fingerprint density at radius 2 is 2.07 bits per heavy atom. The van der Waals surface area contributed by atoms with Crippen molar-refractivity contribution in [1.29, 1.82) is 0 Å². The van der Waals surface area contributed by atoms with E-state index in [9.17, 15) is 9.59 Å². The molecule has 2 aliphatic rings. The molecule has 2 heterocycles. The van der Waals surface area contributed by atoms with Crippen molar-refractivity contribution in [3.63, 3.8) is 0 Å². The number of imide groups is 1. The molecular formula is C9H14N2O2S. The van der Waals surface area contributed by atoms with E-state index in [0.717, 1.165) is 19.5 Å². The molecule has 0 bridgehead atoms. The maximum absolute atomic E-state index is 11.5. The second-order valence-electron chi connectivity index (χ2n) is 3.75. The van der Waals surface area contributed by atoms with Crippen molar-refractivity contribution in [2.45, 2.75) is 6.42 Å². The topological polar surface area (TPSA) is 49.4 Å². The van der Waals surface area contributed by atoms with E-state index in [-0.39, 0.29) is 11.8 Å². The summed E-state index contributed by atoms with van der Waals surface area (Å²) in [5.41, 5.74) is 0. The third kappa shape index (κ3) is 2.09. The molecule has 0 aromatic heterocycles. The van der Waals surface area contributed by atoms with Crippen molar-refractivity contribution >= 4 is 23.6 Å². The molecule has 0 aliphatic carbocycles. The van der Waals surface area contributed by atoms with Gasteiger partial charge in [0, 0.05) is 6.54 Å². The summed E-state index contributed by atoms with van der Waals surface area (Å²) in [6, 6.07) is 0. The number of amides is 2. The van der Waals surface area contributed by atoms with Gasteiger partial charge < -0.3 is 5.32 Å². The van der Waals surface area contributed by atoms with E-state index in [2.05, 4.69) is 5.32 Å². The molecule has 0 aromatic rings. The lowest BCUT2D eigenvalue weighted by atomic mass is 10.1. The predicted molar refractivity (Wildman–Crippen MR) is 55.0 cm³/mol. The van der Waals surface area contributed by atoms with Crippen molar-refractivity contribution in [2.75, 3.05) is 31.1 Å². The summed E-state index contributed by atoms with van der Waals surface area (Å²) < 4.78 is 0. The summed E-state index contributed by atoms with van der Waals surface area (Å²) in [4.78, 5) is 24.4. The van der Waals surface area contributed by atoms with Crippen LogP contribution in [-0.4, -0.2) is 47.9 Å². The lowest BCUT2D eigenvalue weighted by molar-refractivity contribution is -0.142. The van der Waals surface area contributed by atoms with Gasteiger partial charge in [-0.05, 0) is 25.4 Å². The molecule has 1 N–H and O–H groups in total. The average Bonchev–Trinajstić information content (AvgIpc) is 2.64. The Labute approximate surface area is 87.4 Å². The number of carbonyl (C=O) groups excluding carboxylic acids is 2. The number of hydrogen-bond donors (Lipinski definition) is 1. The van der Waals surface area contributed by atoms with Crippen LogP contribution in [0.2, 0.25) is 0 Å². The minimum absolute atomic E-state index is 0.0156. The van der Waals surface area contributed by atoms with E-state index in [0.29, 0.717) is 24.0 Å². The molecule has 0 radical (unpaired) electrons. The summed E-state index contributed by atoms with van der Waals surface area (Å²) in [6.45, 7) is 2.56. The van der Waals surface area contributed by atoms with Crippen molar-refractivity contribution in [3.8, 4) is 0 Å². The number of rotatable bonds is 2. The Morgan fingerprint density at radius 3 is 2.64 bits per heavy atom. The first-order chi connectivity index (χ1) is 6.77. The molecule has 2 saturated heterocycles. The molecule has 14 heavy (non-hydrogen) atoms. The average molecular weight is 214 g/mol. The Kier molecular flexibility index (Phi) is 3.08. The molecule has 1 atom stereocenters. The first-order valence-corrected chi connectivity index (χ1v) is 6.04. The van der Waals surface area contributed by atoms with Crippen LogP contribution in [0, 0.1) is 5.92 Å². The zero-order chi connectivity index (χ0) is 9.97. The highest BCUT2D eigenvalue weighted by Gasteiger charge is 2.29. The Morgan fingerprint density at radius 1 is 1.36 bits per heavy atom. The zero-order valence-corrected chi connectivity index (χ0v) is 8.81. The summed E-state index contributed by atoms with van der Waals surface area (Å²) in [6.07, 6.45) is 1.07. The van der Waals surface area contributed by atoms with Gasteiger partial charge in [-0.1, -0.05) is 0 Å². The lowest BCUT2D eigenvalue weighted by Gasteiger charge is -2.26. The lowest BCUT2D eigenvalue weighted by Crippen LogP contribution is -2.45. The highest BCUT2D eigenvalue weighted by molar-refractivity contribution is 8.00. The van der Waals surface area contributed by atoms with Crippen molar-refractivity contribution in [2.24, 2.45) is 5.92 Å². The van der Waals surface area contributed by atoms with Gasteiger partial charge in [0.25, 0.3) is 0 Å². The third-order valence-electron chi connectivity index (χ3n) is 2.66. The normalized spacial score (nSPS) is 28.6. The molecule has 1 unspecified atom stereocenters. The molecule has 4 nitrogen and oxygen atoms in total. The summed E-state index contributed by atoms with van der Waals surface area (Å²) in [5, 5.41) is 3.24. The molecule has 78 valence electrons. The minimum Gasteiger partial charge on any atom is -0.316 e. The fourth-order valence-electron chi connectivity index (χ4n) is 1.85. The SMILES string of the molecule is O=C1CSCC(=O)N1CC1CCNC1. The van der Waals surface area contributed by atoms with Gasteiger partial charge in [0.05, 0.1) is 11.5 Å². The summed E-state index contributed by atoms with van der Waals surface area (Å²) in [5.74, 6) is 1.36. The fraction of sp³-hybridized carbons (Fsp3) is 0.778. The van der Waals surface area contributed by atoms with Gasteiger partial charge >= 0.3 is 0 Å². The van der Waals surface area contributed by atoms with E-state index in [1.165, 1.54) is 16.7 Å². The Hall–Kier alpha value is -0.550. The van der Waals surface area contributed by atoms with Gasteiger partial charge in [0.1, 0.15) is 0 Å². The molecule has 0 spiro atoms. The van der Waals surface area contributed by atoms with Crippen LogP contribution >= 0.6 is 11.8 Å². The molecule has 2 amide bonds. The first-order valence-electron chi connectivity index (χ1n) is 4.89. The molecule has 0 saturated carbocycles. The van der Waals surface area contributed by atoms with Gasteiger partial charge in [-0.2, -0.15) is 0 Å². The standard InChI is InChI=1S/C9H14N2O2S/c12-8-5-14-6-9(13)11(8)4-7-1-2-10-3-7/h7,10H,1-6H2. The smallest absolute Gasteiger partial charge is 0.239 e. The van der Waals surface area contributed by atoms with E-state index in [1.54, 1.807) is 0 Å². The number of nitrogens with zero attached hydrogens (tertiary/aromatic N) is 1. The van der Waals surface area contributed by atoms with E-state index in [4.69, 9.17) is 0 Å². The van der Waals surface area contributed by atoms with Crippen LogP contribution in [0.15, 0.2) is 0 Å². The Balaban J connectivity index is 1.93. The van der Waals surface area contributed by atoms with Crippen LogP contribution in [0.5, 0.6) is 0 Å². The number of carbonyl (C=O) groups is 2.